The minimum atomic E-state index is 0. The summed E-state index contributed by atoms with van der Waals surface area (Å²) in [6.45, 7) is 0. The van der Waals surface area contributed by atoms with Crippen LogP contribution in [0.5, 0.6) is 0 Å². The maximum Gasteiger partial charge on any atom is -0.197 e. The van der Waals surface area contributed by atoms with Gasteiger partial charge in [0.1, 0.15) is 0 Å². The molecule has 0 heterocycles. The Morgan fingerprint density at radius 3 is 1.75 bits per heavy atom. The van der Waals surface area contributed by atoms with E-state index in [1.165, 1.54) is 4.79 Å². The molecule has 0 bridgehead atoms. The van der Waals surface area contributed by atoms with Crippen molar-refractivity contribution in [3.63, 3.8) is 0 Å². The Morgan fingerprint density at radius 2 is 1.75 bits per heavy atom. The van der Waals surface area contributed by atoms with E-state index in [1.807, 2.05) is 0 Å². The first-order chi connectivity index (χ1) is 1.41. The van der Waals surface area contributed by atoms with Gasteiger partial charge < -0.3 is 0 Å². The van der Waals surface area contributed by atoms with Gasteiger partial charge in [-0.1, -0.05) is 0 Å². The monoisotopic (exact) mass is 118 g/mol. The molecule has 0 N–H and O–H groups in total. The summed E-state index contributed by atoms with van der Waals surface area (Å²) in [7, 11) is 0. The van der Waals surface area contributed by atoms with Crippen molar-refractivity contribution < 1.29 is 20.4 Å². The minimum absolute atomic E-state index is 0. The van der Waals surface area contributed by atoms with Gasteiger partial charge in [-0.15, -0.1) is 0 Å². The van der Waals surface area contributed by atoms with E-state index in [0.717, 1.165) is 0 Å². The number of hydrogen-bond acceptors (Lipinski definition) is 1. The molecule has 0 amide bonds. The molecule has 0 aliphatic carbocycles. The van der Waals surface area contributed by atoms with E-state index in [2.05, 4.69) is 15.6 Å². The molecular weight excluding hydrogens is 116 g/mol. The zero-order chi connectivity index (χ0) is 2.71. The summed E-state index contributed by atoms with van der Waals surface area (Å²) in [4.78, 5) is 9.82. The summed E-state index contributed by atoms with van der Waals surface area (Å²) >= 11 is 2.68. The molecule has 26 valence electrons. The van der Waals surface area contributed by atoms with Gasteiger partial charge in [0.25, 0.3) is 0 Å². The molecular formula is CH2FeOS. The molecule has 0 aromatic carbocycles. The van der Waals surface area contributed by atoms with E-state index < -0.39 is 0 Å². The van der Waals surface area contributed by atoms with Gasteiger partial charge in [0.2, 0.25) is 0 Å². The first kappa shape index (κ1) is 8.82. The van der Waals surface area contributed by atoms with Crippen molar-refractivity contribution in [2.75, 3.05) is 0 Å². The van der Waals surface area contributed by atoms with Crippen LogP contribution in [0.3, 0.4) is 0 Å². The Balaban J connectivity index is 0. The normalized spacial score (nSPS) is 2.25. The summed E-state index contributed by atoms with van der Waals surface area (Å²) in [5, 5.41) is 0. The molecule has 0 aliphatic heterocycles. The molecule has 0 atom stereocenters. The van der Waals surface area contributed by atoms with Crippen LogP contribution in [0.2, 0.25) is 0 Å². The van der Waals surface area contributed by atoms with E-state index in [0.29, 0.717) is 0 Å². The van der Waals surface area contributed by atoms with Gasteiger partial charge in [0.15, 0.2) is 0 Å². The van der Waals surface area contributed by atoms with E-state index in [9.17, 15) is 0 Å². The topological polar surface area (TPSA) is 17.1 Å². The molecule has 0 saturated carbocycles. The molecule has 0 fully saturated rings. The third-order valence-corrected chi connectivity index (χ3v) is 0. The van der Waals surface area contributed by atoms with Gasteiger partial charge in [-0.3, -0.25) is 0 Å². The smallest absolute Gasteiger partial charge is 0.197 e. The summed E-state index contributed by atoms with van der Waals surface area (Å²) in [6, 6.07) is 0. The summed E-state index contributed by atoms with van der Waals surface area (Å²) in [5.74, 6) is 0. The van der Waals surface area contributed by atoms with E-state index in [-0.39, 0.29) is 13.5 Å². The number of hydrogen-bond donors (Lipinski definition) is 0. The van der Waals surface area contributed by atoms with Crippen molar-refractivity contribution in [3.05, 3.63) is 0 Å². The average molecular weight is 118 g/mol. The first-order valence-corrected chi connectivity index (χ1v) is 0.933. The van der Waals surface area contributed by atoms with Crippen LogP contribution in [0.25, 0.3) is 0 Å². The van der Waals surface area contributed by atoms with Crippen molar-refractivity contribution in [1.82, 2.24) is 0 Å². The van der Waals surface area contributed by atoms with Gasteiger partial charge in [-0.25, -0.2) is 0 Å². The van der Waals surface area contributed by atoms with E-state index >= 15 is 0 Å². The van der Waals surface area contributed by atoms with Crippen molar-refractivity contribution in [3.8, 4) is 0 Å². The fourth-order valence-corrected chi connectivity index (χ4v) is 0. The maximum atomic E-state index is 8.57. The Morgan fingerprint density at radius 1 is 1.75 bits per heavy atom. The predicted molar refractivity (Wildman–Crippen MR) is 16.1 cm³/mol. The zero-order valence-electron chi connectivity index (χ0n) is 1.76. The second-order valence-electron chi connectivity index (χ2n) is 0.0722. The van der Waals surface area contributed by atoms with Crippen molar-refractivity contribution >= 4 is 18.3 Å². The Bertz CT molecular complexity index is 29.0. The van der Waals surface area contributed by atoms with E-state index in [1.54, 1.807) is 0 Å². The van der Waals surface area contributed by atoms with Crippen molar-refractivity contribution in [2.45, 2.75) is 0 Å². The molecule has 4 heavy (non-hydrogen) atoms. The molecule has 3 heteroatoms. The SMILES string of the molecule is O=[C]=[Fe].S. The fourth-order valence-electron chi connectivity index (χ4n) is 0. The fraction of sp³-hybridized carbons (Fsp3) is 0. The van der Waals surface area contributed by atoms with Crippen LogP contribution in [-0.4, -0.2) is 4.79 Å². The molecule has 0 aliphatic rings. The van der Waals surface area contributed by atoms with Crippen LogP contribution in [-0.2, 0) is 20.4 Å². The standard InChI is InChI=1S/CO.Fe.H2S/c1-2;;/h;;1H2. The van der Waals surface area contributed by atoms with Crippen LogP contribution < -0.4 is 0 Å². The van der Waals surface area contributed by atoms with Gasteiger partial charge in [0.05, 0.1) is 0 Å². The van der Waals surface area contributed by atoms with E-state index in [4.69, 9.17) is 4.79 Å². The molecule has 0 aromatic rings. The first-order valence-electron chi connectivity index (χ1n) is 0.381. The van der Waals surface area contributed by atoms with Crippen LogP contribution in [0.15, 0.2) is 0 Å². The summed E-state index contributed by atoms with van der Waals surface area (Å²) < 4.78 is 0. The quantitative estimate of drug-likeness (QED) is 0.399. The average Bonchev–Trinajstić information content (AvgIpc) is 0.918. The molecule has 0 unspecified atom stereocenters. The Hall–Kier alpha value is 0.449. The Kier molecular flexibility index (Phi) is 21.7. The van der Waals surface area contributed by atoms with Crippen LogP contribution >= 0.6 is 13.5 Å². The summed E-state index contributed by atoms with van der Waals surface area (Å²) in [5.41, 5.74) is 0. The van der Waals surface area contributed by atoms with Gasteiger partial charge >= 0.3 is 25.2 Å². The molecule has 1 nitrogen and oxygen atoms in total. The summed E-state index contributed by atoms with van der Waals surface area (Å²) in [6.07, 6.45) is 0. The van der Waals surface area contributed by atoms with Gasteiger partial charge in [-0.05, 0) is 0 Å². The predicted octanol–water partition coefficient (Wildman–Crippen LogP) is -0.287. The molecule has 0 aromatic heterocycles. The second kappa shape index (κ2) is 9.85. The molecule has 0 saturated heterocycles. The van der Waals surface area contributed by atoms with Gasteiger partial charge in [-0.2, -0.15) is 13.5 Å². The van der Waals surface area contributed by atoms with Crippen LogP contribution in [0.1, 0.15) is 0 Å². The minimum Gasteiger partial charge on any atom is -0.197 e. The van der Waals surface area contributed by atoms with Crippen LogP contribution in [0, 0.1) is 0 Å². The molecule has 0 radical (unpaired) electrons. The van der Waals surface area contributed by atoms with Crippen LogP contribution in [0.4, 0.5) is 0 Å². The zero-order valence-corrected chi connectivity index (χ0v) is 3.87. The second-order valence-corrected chi connectivity index (χ2v) is 0.298. The third kappa shape index (κ3) is 25.5. The Labute approximate surface area is 39.2 Å². The largest absolute Gasteiger partial charge is 0.197 e. The third-order valence-electron chi connectivity index (χ3n) is 0. The number of carbonyl (C=O) groups excluding carboxylic acids is 1. The molecule has 0 spiro atoms. The van der Waals surface area contributed by atoms with Crippen molar-refractivity contribution in [2.24, 2.45) is 0 Å². The van der Waals surface area contributed by atoms with Crippen molar-refractivity contribution in [1.29, 1.82) is 0 Å². The number of rotatable bonds is 0. The maximum absolute atomic E-state index is 8.57. The molecule has 0 rings (SSSR count). The van der Waals surface area contributed by atoms with Gasteiger partial charge in [0, 0.05) is 0 Å².